The van der Waals surface area contributed by atoms with Gasteiger partial charge in [0.2, 0.25) is 0 Å². The summed E-state index contributed by atoms with van der Waals surface area (Å²) in [5.74, 6) is 0.776. The summed E-state index contributed by atoms with van der Waals surface area (Å²) in [6.07, 6.45) is 9.24. The van der Waals surface area contributed by atoms with Gasteiger partial charge in [0.05, 0.1) is 5.60 Å². The van der Waals surface area contributed by atoms with Crippen molar-refractivity contribution in [3.63, 3.8) is 0 Å². The predicted molar refractivity (Wildman–Crippen MR) is 62.0 cm³/mol. The van der Waals surface area contributed by atoms with E-state index in [1.165, 1.54) is 6.42 Å². The second-order valence-corrected chi connectivity index (χ2v) is 5.34. The molecule has 84 valence electrons. The number of thioether (sulfide) groups is 1. The number of nitrogens with zero attached hydrogens (tertiary/aromatic N) is 2. The molecular weight excluding hydrogens is 208 g/mol. The fourth-order valence-corrected chi connectivity index (χ4v) is 3.13. The Balaban J connectivity index is 1.89. The zero-order chi connectivity index (χ0) is 10.7. The van der Waals surface area contributed by atoms with E-state index in [1.54, 1.807) is 18.0 Å². The van der Waals surface area contributed by atoms with Crippen molar-refractivity contribution in [2.75, 3.05) is 5.75 Å². The zero-order valence-electron chi connectivity index (χ0n) is 9.15. The molecule has 0 aliphatic heterocycles. The lowest BCUT2D eigenvalue weighted by Crippen LogP contribution is -2.34. The molecule has 3 nitrogen and oxygen atoms in total. The highest BCUT2D eigenvalue weighted by molar-refractivity contribution is 7.99. The molecule has 4 heteroatoms. The van der Waals surface area contributed by atoms with Crippen LogP contribution in [0.25, 0.3) is 0 Å². The van der Waals surface area contributed by atoms with Crippen molar-refractivity contribution in [3.8, 4) is 0 Å². The Hall–Kier alpha value is -0.480. The highest BCUT2D eigenvalue weighted by Crippen LogP contribution is 2.32. The smallest absolute Gasteiger partial charge is 0.167 e. The number of imidazole rings is 1. The van der Waals surface area contributed by atoms with E-state index in [-0.39, 0.29) is 0 Å². The molecule has 1 aromatic rings. The summed E-state index contributed by atoms with van der Waals surface area (Å²) >= 11 is 1.66. The van der Waals surface area contributed by atoms with E-state index in [0.717, 1.165) is 36.6 Å². The van der Waals surface area contributed by atoms with Crippen molar-refractivity contribution in [2.24, 2.45) is 7.05 Å². The first-order valence-corrected chi connectivity index (χ1v) is 6.51. The minimum absolute atomic E-state index is 0.450. The third-order valence-electron chi connectivity index (χ3n) is 3.03. The molecule has 1 aliphatic rings. The summed E-state index contributed by atoms with van der Waals surface area (Å²) in [5.41, 5.74) is -0.450. The first kappa shape index (κ1) is 11.0. The van der Waals surface area contributed by atoms with Crippen LogP contribution in [0.5, 0.6) is 0 Å². The molecule has 15 heavy (non-hydrogen) atoms. The first-order valence-electron chi connectivity index (χ1n) is 5.52. The van der Waals surface area contributed by atoms with Gasteiger partial charge >= 0.3 is 0 Å². The van der Waals surface area contributed by atoms with E-state index < -0.39 is 5.60 Å². The molecule has 1 N–H and O–H groups in total. The maximum absolute atomic E-state index is 10.3. The van der Waals surface area contributed by atoms with Crippen LogP contribution >= 0.6 is 11.8 Å². The Bertz CT molecular complexity index is 318. The summed E-state index contributed by atoms with van der Waals surface area (Å²) in [7, 11) is 1.99. The van der Waals surface area contributed by atoms with Crippen molar-refractivity contribution >= 4 is 11.8 Å². The normalized spacial score (nSPS) is 20.4. The average Bonchev–Trinajstić information content (AvgIpc) is 2.62. The van der Waals surface area contributed by atoms with Gasteiger partial charge in [0.1, 0.15) is 0 Å². The Morgan fingerprint density at radius 2 is 2.20 bits per heavy atom. The lowest BCUT2D eigenvalue weighted by molar-refractivity contribution is 0.0272. The standard InChI is InChI=1S/C11H18N2OS/c1-13-8-7-12-10(13)15-9-11(14)5-3-2-4-6-11/h7-8,14H,2-6,9H2,1H3. The Morgan fingerprint density at radius 1 is 1.47 bits per heavy atom. The maximum atomic E-state index is 10.3. The van der Waals surface area contributed by atoms with Crippen molar-refractivity contribution in [1.29, 1.82) is 0 Å². The number of aliphatic hydroxyl groups is 1. The SMILES string of the molecule is Cn1ccnc1SCC1(O)CCCCC1. The number of aromatic nitrogens is 2. The van der Waals surface area contributed by atoms with Crippen LogP contribution in [0.15, 0.2) is 17.6 Å². The third-order valence-corrected chi connectivity index (χ3v) is 4.36. The van der Waals surface area contributed by atoms with Gasteiger partial charge in [-0.15, -0.1) is 0 Å². The fourth-order valence-electron chi connectivity index (χ4n) is 2.04. The van der Waals surface area contributed by atoms with E-state index in [9.17, 15) is 5.11 Å². The Labute approximate surface area is 94.9 Å². The van der Waals surface area contributed by atoms with Crippen LogP contribution in [0.4, 0.5) is 0 Å². The summed E-state index contributed by atoms with van der Waals surface area (Å²) in [6.45, 7) is 0. The minimum atomic E-state index is -0.450. The van der Waals surface area contributed by atoms with Gasteiger partial charge < -0.3 is 9.67 Å². The number of rotatable bonds is 3. The summed E-state index contributed by atoms with van der Waals surface area (Å²) in [4.78, 5) is 4.25. The lowest BCUT2D eigenvalue weighted by Gasteiger charge is -2.31. The van der Waals surface area contributed by atoms with E-state index in [4.69, 9.17) is 0 Å². The van der Waals surface area contributed by atoms with E-state index in [2.05, 4.69) is 4.98 Å². The largest absolute Gasteiger partial charge is 0.389 e. The van der Waals surface area contributed by atoms with Gasteiger partial charge in [-0.2, -0.15) is 0 Å². The molecule has 1 fully saturated rings. The average molecular weight is 226 g/mol. The molecule has 1 saturated carbocycles. The maximum Gasteiger partial charge on any atom is 0.167 e. The number of hydrogen-bond acceptors (Lipinski definition) is 3. The third kappa shape index (κ3) is 2.75. The van der Waals surface area contributed by atoms with E-state index in [0.29, 0.717) is 0 Å². The number of aryl methyl sites for hydroxylation is 1. The van der Waals surface area contributed by atoms with Crippen LogP contribution in [-0.2, 0) is 7.05 Å². The van der Waals surface area contributed by atoms with Crippen LogP contribution in [0.2, 0.25) is 0 Å². The van der Waals surface area contributed by atoms with Gasteiger partial charge in [0, 0.05) is 25.2 Å². The van der Waals surface area contributed by atoms with Gasteiger partial charge in [0.15, 0.2) is 5.16 Å². The van der Waals surface area contributed by atoms with Crippen molar-refractivity contribution in [1.82, 2.24) is 9.55 Å². The predicted octanol–water partition coefficient (Wildman–Crippen LogP) is 2.21. The molecule has 1 aromatic heterocycles. The van der Waals surface area contributed by atoms with Gasteiger partial charge in [0.25, 0.3) is 0 Å². The topological polar surface area (TPSA) is 38.0 Å². The molecule has 0 saturated heterocycles. The summed E-state index contributed by atoms with van der Waals surface area (Å²) < 4.78 is 2.00. The highest BCUT2D eigenvalue weighted by atomic mass is 32.2. The van der Waals surface area contributed by atoms with Crippen LogP contribution < -0.4 is 0 Å². The molecule has 1 heterocycles. The van der Waals surface area contributed by atoms with Gasteiger partial charge in [-0.3, -0.25) is 0 Å². The molecular formula is C11H18N2OS. The second-order valence-electron chi connectivity index (χ2n) is 4.39. The van der Waals surface area contributed by atoms with Crippen LogP contribution in [0.3, 0.4) is 0 Å². The Morgan fingerprint density at radius 3 is 2.80 bits per heavy atom. The van der Waals surface area contributed by atoms with Crippen LogP contribution in [-0.4, -0.2) is 26.0 Å². The molecule has 0 amide bonds. The molecule has 2 rings (SSSR count). The highest BCUT2D eigenvalue weighted by Gasteiger charge is 2.29. The van der Waals surface area contributed by atoms with Gasteiger partial charge in [-0.1, -0.05) is 31.0 Å². The molecule has 0 radical (unpaired) electrons. The van der Waals surface area contributed by atoms with E-state index in [1.807, 2.05) is 17.8 Å². The zero-order valence-corrected chi connectivity index (χ0v) is 9.96. The van der Waals surface area contributed by atoms with Gasteiger partial charge in [-0.05, 0) is 12.8 Å². The molecule has 0 spiro atoms. The molecule has 0 atom stereocenters. The number of hydrogen-bond donors (Lipinski definition) is 1. The fraction of sp³-hybridized carbons (Fsp3) is 0.727. The molecule has 1 aliphatic carbocycles. The van der Waals surface area contributed by atoms with Crippen LogP contribution in [0, 0.1) is 0 Å². The first-order chi connectivity index (χ1) is 7.20. The summed E-state index contributed by atoms with van der Waals surface area (Å²) in [5, 5.41) is 11.3. The van der Waals surface area contributed by atoms with Crippen LogP contribution in [0.1, 0.15) is 32.1 Å². The quantitative estimate of drug-likeness (QED) is 0.803. The molecule has 0 bridgehead atoms. The van der Waals surface area contributed by atoms with Crippen molar-refractivity contribution in [3.05, 3.63) is 12.4 Å². The van der Waals surface area contributed by atoms with E-state index >= 15 is 0 Å². The van der Waals surface area contributed by atoms with Crippen molar-refractivity contribution in [2.45, 2.75) is 42.9 Å². The molecule has 0 aromatic carbocycles. The second kappa shape index (κ2) is 4.58. The lowest BCUT2D eigenvalue weighted by atomic mass is 9.86. The Kier molecular flexibility index (Phi) is 3.36. The van der Waals surface area contributed by atoms with Crippen molar-refractivity contribution < 1.29 is 5.11 Å². The molecule has 0 unspecified atom stereocenters. The van der Waals surface area contributed by atoms with Gasteiger partial charge in [-0.25, -0.2) is 4.98 Å². The monoisotopic (exact) mass is 226 g/mol. The summed E-state index contributed by atoms with van der Waals surface area (Å²) in [6, 6.07) is 0. The minimum Gasteiger partial charge on any atom is -0.389 e.